The van der Waals surface area contributed by atoms with Crippen LogP contribution >= 0.6 is 0 Å². The molecule has 19 heavy (non-hydrogen) atoms. The first-order valence-corrected chi connectivity index (χ1v) is 6.60. The summed E-state index contributed by atoms with van der Waals surface area (Å²) < 4.78 is 1.64. The summed E-state index contributed by atoms with van der Waals surface area (Å²) in [6.07, 6.45) is 7.40. The van der Waals surface area contributed by atoms with Gasteiger partial charge in [-0.05, 0) is 25.0 Å². The predicted molar refractivity (Wildman–Crippen MR) is 75.8 cm³/mol. The van der Waals surface area contributed by atoms with Crippen molar-refractivity contribution >= 4 is 22.7 Å². The molecular formula is C15H18N2O2. The van der Waals surface area contributed by atoms with Crippen molar-refractivity contribution in [3.63, 3.8) is 0 Å². The van der Waals surface area contributed by atoms with Crippen molar-refractivity contribution in [2.45, 2.75) is 32.6 Å². The van der Waals surface area contributed by atoms with Crippen LogP contribution in [-0.4, -0.2) is 20.6 Å². The molecule has 0 fully saturated rings. The summed E-state index contributed by atoms with van der Waals surface area (Å²) in [5, 5.41) is 9.34. The SMILES string of the molecule is CCCCCC=C(C(=O)O)n1cnc2ccccc21. The number of carboxylic acids is 1. The third-order valence-electron chi connectivity index (χ3n) is 3.08. The number of allylic oxidation sites excluding steroid dienone is 1. The lowest BCUT2D eigenvalue weighted by molar-refractivity contribution is -0.130. The zero-order valence-electron chi connectivity index (χ0n) is 11.0. The van der Waals surface area contributed by atoms with E-state index in [1.807, 2.05) is 24.3 Å². The van der Waals surface area contributed by atoms with Gasteiger partial charge in [0.2, 0.25) is 0 Å². The number of rotatable bonds is 6. The highest BCUT2D eigenvalue weighted by Crippen LogP contribution is 2.18. The monoisotopic (exact) mass is 258 g/mol. The van der Waals surface area contributed by atoms with E-state index in [-0.39, 0.29) is 5.70 Å². The van der Waals surface area contributed by atoms with Crippen molar-refractivity contribution < 1.29 is 9.90 Å². The van der Waals surface area contributed by atoms with Crippen LogP contribution in [0, 0.1) is 0 Å². The molecular weight excluding hydrogens is 240 g/mol. The number of unbranched alkanes of at least 4 members (excludes halogenated alkanes) is 3. The Labute approximate surface area is 112 Å². The molecule has 0 unspecified atom stereocenters. The molecule has 1 N–H and O–H groups in total. The first-order valence-electron chi connectivity index (χ1n) is 6.60. The van der Waals surface area contributed by atoms with E-state index in [9.17, 15) is 9.90 Å². The van der Waals surface area contributed by atoms with Gasteiger partial charge >= 0.3 is 5.97 Å². The molecule has 0 saturated heterocycles. The summed E-state index contributed by atoms with van der Waals surface area (Å²) in [5.41, 5.74) is 1.92. The Kier molecular flexibility index (Phi) is 4.34. The number of benzene rings is 1. The molecule has 0 spiro atoms. The van der Waals surface area contributed by atoms with E-state index in [1.165, 1.54) is 0 Å². The van der Waals surface area contributed by atoms with E-state index in [0.29, 0.717) is 0 Å². The maximum absolute atomic E-state index is 11.4. The zero-order chi connectivity index (χ0) is 13.7. The number of hydrogen-bond acceptors (Lipinski definition) is 2. The fourth-order valence-electron chi connectivity index (χ4n) is 2.07. The molecule has 0 bridgehead atoms. The molecule has 0 radical (unpaired) electrons. The van der Waals surface area contributed by atoms with Gasteiger partial charge in [0.05, 0.1) is 11.0 Å². The van der Waals surface area contributed by atoms with Crippen molar-refractivity contribution in [1.29, 1.82) is 0 Å². The van der Waals surface area contributed by atoms with Gasteiger partial charge in [0, 0.05) is 0 Å². The molecule has 1 aromatic carbocycles. The van der Waals surface area contributed by atoms with Gasteiger partial charge in [0.15, 0.2) is 0 Å². The van der Waals surface area contributed by atoms with E-state index in [1.54, 1.807) is 17.0 Å². The van der Waals surface area contributed by atoms with E-state index >= 15 is 0 Å². The van der Waals surface area contributed by atoms with Gasteiger partial charge in [0.1, 0.15) is 12.0 Å². The normalized spacial score (nSPS) is 11.9. The van der Waals surface area contributed by atoms with Crippen LogP contribution in [0.1, 0.15) is 32.6 Å². The summed E-state index contributed by atoms with van der Waals surface area (Å²) in [5.74, 6) is -0.917. The van der Waals surface area contributed by atoms with E-state index in [2.05, 4.69) is 11.9 Å². The van der Waals surface area contributed by atoms with Gasteiger partial charge < -0.3 is 5.11 Å². The lowest BCUT2D eigenvalue weighted by Gasteiger charge is -2.05. The smallest absolute Gasteiger partial charge is 0.352 e. The van der Waals surface area contributed by atoms with E-state index in [4.69, 9.17) is 0 Å². The molecule has 100 valence electrons. The highest BCUT2D eigenvalue weighted by molar-refractivity contribution is 6.10. The van der Waals surface area contributed by atoms with Gasteiger partial charge in [0.25, 0.3) is 0 Å². The first kappa shape index (κ1) is 13.3. The molecule has 0 amide bonds. The van der Waals surface area contributed by atoms with Gasteiger partial charge in [-0.2, -0.15) is 0 Å². The van der Waals surface area contributed by atoms with Crippen LogP contribution in [0.5, 0.6) is 0 Å². The molecule has 1 heterocycles. The average Bonchev–Trinajstić information content (AvgIpc) is 2.82. The van der Waals surface area contributed by atoms with Crippen molar-refractivity contribution in [3.05, 3.63) is 36.7 Å². The largest absolute Gasteiger partial charge is 0.477 e. The quantitative estimate of drug-likeness (QED) is 0.637. The molecule has 2 rings (SSSR count). The molecule has 0 aliphatic carbocycles. The molecule has 1 aromatic heterocycles. The number of carboxylic acid groups (broad SMARTS) is 1. The van der Waals surface area contributed by atoms with Crippen LogP contribution in [0.3, 0.4) is 0 Å². The van der Waals surface area contributed by atoms with Crippen LogP contribution in [0.2, 0.25) is 0 Å². The van der Waals surface area contributed by atoms with E-state index in [0.717, 1.165) is 36.7 Å². The average molecular weight is 258 g/mol. The second-order valence-electron chi connectivity index (χ2n) is 4.49. The van der Waals surface area contributed by atoms with Gasteiger partial charge in [-0.25, -0.2) is 9.78 Å². The first-order chi connectivity index (χ1) is 9.24. The van der Waals surface area contributed by atoms with Gasteiger partial charge in [-0.1, -0.05) is 38.0 Å². The number of para-hydroxylation sites is 2. The van der Waals surface area contributed by atoms with Crippen molar-refractivity contribution in [3.8, 4) is 0 Å². The van der Waals surface area contributed by atoms with Gasteiger partial charge in [-0.15, -0.1) is 0 Å². The van der Waals surface area contributed by atoms with Crippen LogP contribution in [0.15, 0.2) is 36.7 Å². The standard InChI is InChI=1S/C15H18N2O2/c1-2-3-4-5-10-14(15(18)19)17-11-16-12-8-6-7-9-13(12)17/h6-11H,2-5H2,1H3,(H,18,19). The van der Waals surface area contributed by atoms with Crippen molar-refractivity contribution in [2.24, 2.45) is 0 Å². The highest BCUT2D eigenvalue weighted by Gasteiger charge is 2.12. The third-order valence-corrected chi connectivity index (χ3v) is 3.08. The summed E-state index contributed by atoms with van der Waals surface area (Å²) >= 11 is 0. The minimum Gasteiger partial charge on any atom is -0.477 e. The van der Waals surface area contributed by atoms with Crippen LogP contribution in [0.4, 0.5) is 0 Å². The minimum absolute atomic E-state index is 0.282. The Hall–Kier alpha value is -2.10. The molecule has 4 nitrogen and oxygen atoms in total. The zero-order valence-corrected chi connectivity index (χ0v) is 11.0. The second kappa shape index (κ2) is 6.18. The maximum atomic E-state index is 11.4. The molecule has 0 aliphatic rings. The fraction of sp³-hybridized carbons (Fsp3) is 0.333. The van der Waals surface area contributed by atoms with Crippen molar-refractivity contribution in [2.75, 3.05) is 0 Å². The molecule has 0 saturated carbocycles. The number of fused-ring (bicyclic) bond motifs is 1. The molecule has 0 atom stereocenters. The van der Waals surface area contributed by atoms with Crippen LogP contribution in [0.25, 0.3) is 16.7 Å². The Balaban J connectivity index is 2.31. The molecule has 0 aliphatic heterocycles. The lowest BCUT2D eigenvalue weighted by atomic mass is 10.2. The number of nitrogens with zero attached hydrogens (tertiary/aromatic N) is 2. The summed E-state index contributed by atoms with van der Waals surface area (Å²) in [7, 11) is 0. The summed E-state index contributed by atoms with van der Waals surface area (Å²) in [4.78, 5) is 15.6. The van der Waals surface area contributed by atoms with Crippen molar-refractivity contribution in [1.82, 2.24) is 9.55 Å². The number of aliphatic carboxylic acids is 1. The molecule has 2 aromatic rings. The predicted octanol–water partition coefficient (Wildman–Crippen LogP) is 3.54. The third kappa shape index (κ3) is 3.02. The van der Waals surface area contributed by atoms with E-state index < -0.39 is 5.97 Å². The minimum atomic E-state index is -0.917. The summed E-state index contributed by atoms with van der Waals surface area (Å²) in [6, 6.07) is 7.54. The number of carbonyl (C=O) groups is 1. The molecule has 4 heteroatoms. The number of hydrogen-bond donors (Lipinski definition) is 1. The second-order valence-corrected chi connectivity index (χ2v) is 4.49. The maximum Gasteiger partial charge on any atom is 0.352 e. The highest BCUT2D eigenvalue weighted by atomic mass is 16.4. The fourth-order valence-corrected chi connectivity index (χ4v) is 2.07. The topological polar surface area (TPSA) is 55.1 Å². The Morgan fingerprint density at radius 3 is 2.89 bits per heavy atom. The van der Waals surface area contributed by atoms with Crippen LogP contribution < -0.4 is 0 Å². The van der Waals surface area contributed by atoms with Crippen LogP contribution in [-0.2, 0) is 4.79 Å². The van der Waals surface area contributed by atoms with Gasteiger partial charge in [-0.3, -0.25) is 4.57 Å². The number of imidazole rings is 1. The Morgan fingerprint density at radius 1 is 1.37 bits per heavy atom. The Bertz CT molecular complexity index is 599. The Morgan fingerprint density at radius 2 is 2.16 bits per heavy atom. The summed E-state index contributed by atoms with van der Waals surface area (Å²) in [6.45, 7) is 2.13. The lowest BCUT2D eigenvalue weighted by Crippen LogP contribution is -2.06. The number of aromatic nitrogens is 2.